The monoisotopic (exact) mass is 954 g/mol. The molecule has 17 nitrogen and oxygen atoms in total. The van der Waals surface area contributed by atoms with Gasteiger partial charge in [0.1, 0.15) is 29.8 Å². The van der Waals surface area contributed by atoms with Crippen LogP contribution >= 0.6 is 0 Å². The molecule has 70 heavy (non-hydrogen) atoms. The molecule has 1 aliphatic carbocycles. The summed E-state index contributed by atoms with van der Waals surface area (Å²) >= 11 is 0. The number of rotatable bonds is 9. The van der Waals surface area contributed by atoms with E-state index in [4.69, 9.17) is 25.6 Å². The van der Waals surface area contributed by atoms with E-state index in [-0.39, 0.29) is 71.4 Å². The largest absolute Gasteiger partial charge is 0.508 e. The first-order valence-electron chi connectivity index (χ1n) is 23.9. The van der Waals surface area contributed by atoms with Gasteiger partial charge in [-0.25, -0.2) is 23.9 Å². The third kappa shape index (κ3) is 7.87. The molecule has 18 heteroatoms. The zero-order valence-corrected chi connectivity index (χ0v) is 39.4. The Labute approximate surface area is 402 Å². The molecule has 5 aromatic rings. The summed E-state index contributed by atoms with van der Waals surface area (Å²) in [6.07, 6.45) is 2.24. The molecule has 4 atom stereocenters. The summed E-state index contributed by atoms with van der Waals surface area (Å²) < 4.78 is 28.1. The molecular formula is C52H55FN8O9. The highest BCUT2D eigenvalue weighted by Crippen LogP contribution is 2.46. The lowest BCUT2D eigenvalue weighted by atomic mass is 9.81. The molecule has 4 amide bonds. The van der Waals surface area contributed by atoms with Gasteiger partial charge in [-0.05, 0) is 115 Å². The fraction of sp³-hybridized carbons (Fsp3) is 0.404. The van der Waals surface area contributed by atoms with Crippen LogP contribution in [0.15, 0.2) is 53.3 Å². The first-order chi connectivity index (χ1) is 33.5. The Hall–Kier alpha value is -7.34. The molecule has 0 spiro atoms. The number of carbonyl (C=O) groups is 4. The van der Waals surface area contributed by atoms with Gasteiger partial charge in [0.05, 0.1) is 52.2 Å². The number of hydrogen-bond donors (Lipinski definition) is 5. The average molecular weight is 955 g/mol. The number of primary amides is 1. The third-order valence-corrected chi connectivity index (χ3v) is 15.1. The van der Waals surface area contributed by atoms with Gasteiger partial charge in [-0.15, -0.1) is 0 Å². The number of carbonyl (C=O) groups excluding carboxylic acids is 4. The fourth-order valence-electron chi connectivity index (χ4n) is 11.5. The number of nitrogens with one attached hydrogen (secondary N) is 2. The van der Waals surface area contributed by atoms with Gasteiger partial charge < -0.3 is 40.2 Å². The van der Waals surface area contributed by atoms with E-state index in [1.165, 1.54) is 12.1 Å². The first-order valence-corrected chi connectivity index (χ1v) is 23.9. The Bertz CT molecular complexity index is 3120. The van der Waals surface area contributed by atoms with Crippen LogP contribution in [0.4, 0.5) is 19.7 Å². The Morgan fingerprint density at radius 1 is 1.03 bits per heavy atom. The number of alkyl carbamates (subject to hydrolysis) is 1. The summed E-state index contributed by atoms with van der Waals surface area (Å²) in [6.45, 7) is 9.37. The third-order valence-electron chi connectivity index (χ3n) is 15.1. The molecular weight excluding hydrogens is 900 g/mol. The Balaban J connectivity index is 0.811. The lowest BCUT2D eigenvalue weighted by Gasteiger charge is -2.38. The van der Waals surface area contributed by atoms with Crippen molar-refractivity contribution in [3.63, 3.8) is 0 Å². The summed E-state index contributed by atoms with van der Waals surface area (Å²) in [4.78, 5) is 76.9. The normalized spacial score (nSPS) is 20.1. The van der Waals surface area contributed by atoms with Gasteiger partial charge in [-0.2, -0.15) is 0 Å². The van der Waals surface area contributed by atoms with Crippen LogP contribution in [0.1, 0.15) is 114 Å². The van der Waals surface area contributed by atoms with E-state index < -0.39 is 36.5 Å². The number of amides is 4. The minimum atomic E-state index is -0.914. The second-order valence-electron chi connectivity index (χ2n) is 19.4. The van der Waals surface area contributed by atoms with E-state index in [0.717, 1.165) is 58.0 Å². The lowest BCUT2D eigenvalue weighted by Crippen LogP contribution is -2.50. The minimum absolute atomic E-state index is 0.0457. The number of ether oxygens (including phenoxy) is 2. The number of aromatic nitrogens is 2. The predicted octanol–water partition coefficient (Wildman–Crippen LogP) is 6.70. The maximum absolute atomic E-state index is 15.4. The number of benzene rings is 3. The summed E-state index contributed by atoms with van der Waals surface area (Å²) in [5.74, 6) is -2.33. The van der Waals surface area contributed by atoms with E-state index >= 15 is 4.39 Å². The highest BCUT2D eigenvalue weighted by Gasteiger charge is 2.42. The number of cyclic esters (lactones) is 1. The highest BCUT2D eigenvalue weighted by molar-refractivity contribution is 6.22. The molecule has 10 rings (SSSR count). The van der Waals surface area contributed by atoms with Gasteiger partial charge in [0.25, 0.3) is 11.5 Å². The molecule has 5 aliphatic rings. The van der Waals surface area contributed by atoms with Crippen LogP contribution in [0, 0.1) is 24.1 Å². The second-order valence-corrected chi connectivity index (χ2v) is 19.4. The number of amidine groups is 1. The molecule has 0 radical (unpaired) electrons. The number of piperidine rings is 1. The zero-order chi connectivity index (χ0) is 49.4. The van der Waals surface area contributed by atoms with Crippen LogP contribution < -0.4 is 21.5 Å². The van der Waals surface area contributed by atoms with Gasteiger partial charge in [-0.1, -0.05) is 32.9 Å². The van der Waals surface area contributed by atoms with Crippen molar-refractivity contribution >= 4 is 46.4 Å². The van der Waals surface area contributed by atoms with Crippen molar-refractivity contribution in [2.24, 2.45) is 11.7 Å². The first kappa shape index (κ1) is 46.4. The minimum Gasteiger partial charge on any atom is -0.508 e. The van der Waals surface area contributed by atoms with Crippen LogP contribution in [0.3, 0.4) is 0 Å². The SMILES string of the molecule is CCC1C(=O)OCc2c1cc1n(c2=O)Cc2c-1nc1cc(F)c(C)c3c1c2C(NC(=O)OCC(=O)N1CCC2CCN(Cc4ccc(N(C(=N)c5cc(C(C)C)c(O)cc5O)C(N)=O)cc4)CC21)CC3. The number of pyridine rings is 2. The van der Waals surface area contributed by atoms with Gasteiger partial charge in [0.2, 0.25) is 0 Å². The van der Waals surface area contributed by atoms with Crippen molar-refractivity contribution < 1.29 is 43.3 Å². The maximum atomic E-state index is 15.4. The number of urea groups is 1. The number of halogens is 1. The number of likely N-dealkylation sites (tertiary alicyclic amines) is 2. The topological polar surface area (TPSA) is 234 Å². The quantitative estimate of drug-likeness (QED) is 0.0581. The van der Waals surface area contributed by atoms with Crippen molar-refractivity contribution in [3.05, 3.63) is 115 Å². The number of anilines is 1. The van der Waals surface area contributed by atoms with E-state index in [2.05, 4.69) is 10.2 Å². The van der Waals surface area contributed by atoms with Crippen molar-refractivity contribution in [2.45, 2.75) is 103 Å². The van der Waals surface area contributed by atoms with E-state index in [0.29, 0.717) is 83.7 Å². The van der Waals surface area contributed by atoms with Crippen LogP contribution in [-0.2, 0) is 45.2 Å². The number of hydrogen-bond acceptors (Lipinski definition) is 12. The summed E-state index contributed by atoms with van der Waals surface area (Å²) in [5.41, 5.74) is 12.5. The van der Waals surface area contributed by atoms with Gasteiger partial charge >= 0.3 is 18.1 Å². The molecule has 2 fully saturated rings. The second kappa shape index (κ2) is 17.9. The highest BCUT2D eigenvalue weighted by atomic mass is 19.1. The molecule has 4 unspecified atom stereocenters. The van der Waals surface area contributed by atoms with Crippen LogP contribution in [0.5, 0.6) is 11.5 Å². The molecule has 0 saturated carbocycles. The molecule has 0 bridgehead atoms. The zero-order valence-electron chi connectivity index (χ0n) is 39.4. The van der Waals surface area contributed by atoms with Crippen LogP contribution in [0.2, 0.25) is 0 Å². The van der Waals surface area contributed by atoms with Crippen molar-refractivity contribution in [2.75, 3.05) is 31.1 Å². The molecule has 2 saturated heterocycles. The smallest absolute Gasteiger partial charge is 0.408 e. The number of aryl methyl sites for hydroxylation is 1. The summed E-state index contributed by atoms with van der Waals surface area (Å²) in [5, 5.41) is 33.5. The summed E-state index contributed by atoms with van der Waals surface area (Å²) in [7, 11) is 0. The molecule has 364 valence electrons. The Morgan fingerprint density at radius 3 is 2.51 bits per heavy atom. The molecule has 6 N–H and O–H groups in total. The maximum Gasteiger partial charge on any atom is 0.408 e. The van der Waals surface area contributed by atoms with Crippen molar-refractivity contribution in [3.8, 4) is 22.9 Å². The number of nitrogens with two attached hydrogens (primary N) is 1. The van der Waals surface area contributed by atoms with Gasteiger partial charge in [-0.3, -0.25) is 24.7 Å². The number of aromatic hydroxyl groups is 2. The molecule has 3 aromatic carbocycles. The van der Waals surface area contributed by atoms with Crippen molar-refractivity contribution in [1.29, 1.82) is 5.41 Å². The molecule has 4 aliphatic heterocycles. The van der Waals surface area contributed by atoms with Gasteiger partial charge in [0.15, 0.2) is 6.61 Å². The van der Waals surface area contributed by atoms with Crippen LogP contribution in [-0.4, -0.2) is 91.7 Å². The van der Waals surface area contributed by atoms with E-state index in [9.17, 15) is 34.2 Å². The average Bonchev–Trinajstić information content (AvgIpc) is 3.92. The predicted molar refractivity (Wildman–Crippen MR) is 256 cm³/mol. The standard InChI is InChI=1S/C52H55FN8O9/c1-5-30-33-17-40-47-35(21-60(40)49(65)36(33)23-69-50(30)66)46-38(11-10-31-26(4)37(53)18-39(56-47)45(31)46)57-52(68)70-24-44(64)59-15-13-28-12-14-58(22-41(28)59)20-27-6-8-29(9-7-27)61(51(55)67)48(54)34-16-32(25(2)3)42(62)19-43(34)63/h6-9,16-19,25,28,30,38,41,54,62-63H,5,10-15,20-24H2,1-4H3,(H2,55,67)(H,57,68). The number of esters is 1. The van der Waals surface area contributed by atoms with Crippen molar-refractivity contribution in [1.82, 2.24) is 24.7 Å². The lowest BCUT2D eigenvalue weighted by molar-refractivity contribution is -0.148. The number of phenolic OH excluding ortho intramolecular Hbond substituents is 2. The summed E-state index contributed by atoms with van der Waals surface area (Å²) in [6, 6.07) is 11.3. The van der Waals surface area contributed by atoms with E-state index in [1.54, 1.807) is 28.5 Å². The molecule has 6 heterocycles. The Morgan fingerprint density at radius 2 is 1.79 bits per heavy atom. The number of nitrogens with zero attached hydrogens (tertiary/aromatic N) is 5. The van der Waals surface area contributed by atoms with Crippen LogP contribution in [0.25, 0.3) is 22.3 Å². The molecule has 2 aromatic heterocycles. The van der Waals surface area contributed by atoms with E-state index in [1.807, 2.05) is 39.0 Å². The Kier molecular flexibility index (Phi) is 11.8. The number of fused-ring (bicyclic) bond motifs is 6. The van der Waals surface area contributed by atoms with Gasteiger partial charge in [0, 0.05) is 48.8 Å². The fourth-order valence-corrected chi connectivity index (χ4v) is 11.5. The number of phenols is 2.